The molecule has 1 saturated heterocycles. The number of likely N-dealkylation sites (tertiary alicyclic amines) is 1. The molecule has 0 aromatic heterocycles. The molecule has 26 heavy (non-hydrogen) atoms. The number of amides is 1. The van der Waals surface area contributed by atoms with Crippen molar-refractivity contribution < 1.29 is 9.53 Å². The molecule has 4 nitrogen and oxygen atoms in total. The van der Waals surface area contributed by atoms with Gasteiger partial charge in [-0.05, 0) is 56.3 Å². The molecule has 2 aromatic carbocycles. The van der Waals surface area contributed by atoms with Crippen molar-refractivity contribution in [2.45, 2.75) is 18.9 Å². The van der Waals surface area contributed by atoms with Crippen molar-refractivity contribution in [3.05, 3.63) is 58.1 Å². The zero-order valence-electron chi connectivity index (χ0n) is 14.4. The molecule has 3 rings (SSSR count). The molecule has 7 heteroatoms. The van der Waals surface area contributed by atoms with Gasteiger partial charge in [0.25, 0.3) is 5.91 Å². The summed E-state index contributed by atoms with van der Waals surface area (Å²) in [4.78, 5) is 14.8. The van der Waals surface area contributed by atoms with Crippen LogP contribution in [-0.4, -0.2) is 37.0 Å². The van der Waals surface area contributed by atoms with E-state index in [0.717, 1.165) is 12.8 Å². The number of carbonyl (C=O) groups is 1. The van der Waals surface area contributed by atoms with Crippen LogP contribution in [-0.2, 0) is 0 Å². The summed E-state index contributed by atoms with van der Waals surface area (Å²) in [6.45, 7) is 1.43. The lowest BCUT2D eigenvalue weighted by molar-refractivity contribution is 0.0705. The molecule has 1 N–H and O–H groups in total. The van der Waals surface area contributed by atoms with Gasteiger partial charge < -0.3 is 15.0 Å². The summed E-state index contributed by atoms with van der Waals surface area (Å²) >= 11 is 12.1. The summed E-state index contributed by atoms with van der Waals surface area (Å²) in [5, 5.41) is 4.35. The molecule has 1 aliphatic rings. The van der Waals surface area contributed by atoms with E-state index in [1.165, 1.54) is 0 Å². The Morgan fingerprint density at radius 2 is 1.81 bits per heavy atom. The zero-order chi connectivity index (χ0) is 17.8. The first-order chi connectivity index (χ1) is 12.1. The van der Waals surface area contributed by atoms with Crippen molar-refractivity contribution in [2.75, 3.05) is 20.1 Å². The third-order valence-corrected chi connectivity index (χ3v) is 4.86. The summed E-state index contributed by atoms with van der Waals surface area (Å²) in [6, 6.07) is 12.6. The number of nitrogens with one attached hydrogen (secondary N) is 1. The molecule has 0 saturated carbocycles. The minimum Gasteiger partial charge on any atom is -0.456 e. The number of hydrogen-bond donors (Lipinski definition) is 1. The van der Waals surface area contributed by atoms with Crippen LogP contribution in [0.15, 0.2) is 42.5 Å². The second kappa shape index (κ2) is 9.47. The van der Waals surface area contributed by atoms with E-state index in [0.29, 0.717) is 46.2 Å². The van der Waals surface area contributed by atoms with Gasteiger partial charge >= 0.3 is 0 Å². The number of rotatable bonds is 4. The van der Waals surface area contributed by atoms with Crippen LogP contribution in [0.5, 0.6) is 11.5 Å². The van der Waals surface area contributed by atoms with Crippen LogP contribution in [0.25, 0.3) is 0 Å². The van der Waals surface area contributed by atoms with Crippen LogP contribution in [0.1, 0.15) is 23.2 Å². The lowest BCUT2D eigenvalue weighted by Crippen LogP contribution is -2.44. The Bertz CT molecular complexity index is 762. The van der Waals surface area contributed by atoms with Gasteiger partial charge in [0.2, 0.25) is 0 Å². The molecule has 0 spiro atoms. The topological polar surface area (TPSA) is 41.6 Å². The van der Waals surface area contributed by atoms with Gasteiger partial charge in [-0.1, -0.05) is 29.3 Å². The molecule has 0 atom stereocenters. The van der Waals surface area contributed by atoms with Gasteiger partial charge in [0.05, 0.1) is 5.56 Å². The highest BCUT2D eigenvalue weighted by molar-refractivity contribution is 6.31. The SMILES string of the molecule is CNC1CCN(C(=O)c2cc(Cl)ccc2Oc2cccc(Cl)c2)CC1.Cl. The fourth-order valence-corrected chi connectivity index (χ4v) is 3.31. The van der Waals surface area contributed by atoms with E-state index in [4.69, 9.17) is 27.9 Å². The standard InChI is InChI=1S/C19H20Cl2N2O2.ClH/c1-22-15-7-9-23(10-8-15)19(24)17-12-14(21)5-6-18(17)25-16-4-2-3-13(20)11-16;/h2-6,11-12,15,22H,7-10H2,1H3;1H. The van der Waals surface area contributed by atoms with E-state index in [9.17, 15) is 4.79 Å². The summed E-state index contributed by atoms with van der Waals surface area (Å²) in [7, 11) is 1.95. The van der Waals surface area contributed by atoms with Gasteiger partial charge in [0.1, 0.15) is 11.5 Å². The molecule has 1 heterocycles. The fourth-order valence-electron chi connectivity index (χ4n) is 2.96. The predicted molar refractivity (Wildman–Crippen MR) is 108 cm³/mol. The molecule has 140 valence electrons. The van der Waals surface area contributed by atoms with E-state index < -0.39 is 0 Å². The third-order valence-electron chi connectivity index (χ3n) is 4.39. The molecule has 0 unspecified atom stereocenters. The normalized spacial score (nSPS) is 14.7. The molecule has 2 aromatic rings. The maximum atomic E-state index is 13.0. The Labute approximate surface area is 169 Å². The van der Waals surface area contributed by atoms with Gasteiger partial charge in [-0.3, -0.25) is 4.79 Å². The van der Waals surface area contributed by atoms with Crippen LogP contribution in [0.2, 0.25) is 10.0 Å². The molecule has 0 bridgehead atoms. The summed E-state index contributed by atoms with van der Waals surface area (Å²) in [5.41, 5.74) is 0.468. The lowest BCUT2D eigenvalue weighted by atomic mass is 10.0. The van der Waals surface area contributed by atoms with E-state index in [1.807, 2.05) is 11.9 Å². The highest BCUT2D eigenvalue weighted by Gasteiger charge is 2.25. The number of benzene rings is 2. The minimum absolute atomic E-state index is 0. The maximum absolute atomic E-state index is 13.0. The van der Waals surface area contributed by atoms with Gasteiger partial charge in [0.15, 0.2) is 0 Å². The highest BCUT2D eigenvalue weighted by atomic mass is 35.5. The lowest BCUT2D eigenvalue weighted by Gasteiger charge is -2.32. The molecule has 0 aliphatic carbocycles. The average Bonchev–Trinajstić information content (AvgIpc) is 2.63. The Hall–Kier alpha value is -1.46. The summed E-state index contributed by atoms with van der Waals surface area (Å²) in [5.74, 6) is 0.999. The van der Waals surface area contributed by atoms with E-state index >= 15 is 0 Å². The highest BCUT2D eigenvalue weighted by Crippen LogP contribution is 2.30. The van der Waals surface area contributed by atoms with Crippen molar-refractivity contribution in [1.29, 1.82) is 0 Å². The van der Waals surface area contributed by atoms with Crippen molar-refractivity contribution >= 4 is 41.5 Å². The number of nitrogens with zero attached hydrogens (tertiary/aromatic N) is 1. The molecule has 0 radical (unpaired) electrons. The Morgan fingerprint density at radius 1 is 1.12 bits per heavy atom. The number of carbonyl (C=O) groups excluding carboxylic acids is 1. The van der Waals surface area contributed by atoms with Gasteiger partial charge in [-0.15, -0.1) is 12.4 Å². The molecular formula is C19H21Cl3N2O2. The van der Waals surface area contributed by atoms with E-state index in [1.54, 1.807) is 42.5 Å². The first kappa shape index (κ1) is 20.8. The Balaban J connectivity index is 0.00000243. The number of ether oxygens (including phenoxy) is 1. The van der Waals surface area contributed by atoms with Crippen molar-refractivity contribution in [3.8, 4) is 11.5 Å². The van der Waals surface area contributed by atoms with Crippen LogP contribution in [0.3, 0.4) is 0 Å². The van der Waals surface area contributed by atoms with Gasteiger partial charge in [0, 0.05) is 29.2 Å². The average molecular weight is 416 g/mol. The number of hydrogen-bond acceptors (Lipinski definition) is 3. The zero-order valence-corrected chi connectivity index (χ0v) is 16.7. The molecular weight excluding hydrogens is 395 g/mol. The first-order valence-electron chi connectivity index (χ1n) is 8.26. The largest absolute Gasteiger partial charge is 0.456 e. The van der Waals surface area contributed by atoms with Crippen molar-refractivity contribution in [2.24, 2.45) is 0 Å². The summed E-state index contributed by atoms with van der Waals surface area (Å²) in [6.07, 6.45) is 1.88. The summed E-state index contributed by atoms with van der Waals surface area (Å²) < 4.78 is 5.90. The Kier molecular flexibility index (Phi) is 7.59. The third kappa shape index (κ3) is 5.04. The van der Waals surface area contributed by atoms with Crippen LogP contribution >= 0.6 is 35.6 Å². The van der Waals surface area contributed by atoms with Gasteiger partial charge in [-0.25, -0.2) is 0 Å². The van der Waals surface area contributed by atoms with Crippen LogP contribution < -0.4 is 10.1 Å². The molecule has 1 fully saturated rings. The fraction of sp³-hybridized carbons (Fsp3) is 0.316. The number of piperidine rings is 1. The quantitative estimate of drug-likeness (QED) is 0.761. The second-order valence-corrected chi connectivity index (χ2v) is 6.93. The molecule has 1 amide bonds. The van der Waals surface area contributed by atoms with Gasteiger partial charge in [-0.2, -0.15) is 0 Å². The van der Waals surface area contributed by atoms with E-state index in [2.05, 4.69) is 5.32 Å². The first-order valence-corrected chi connectivity index (χ1v) is 9.02. The monoisotopic (exact) mass is 414 g/mol. The van der Waals surface area contributed by atoms with Crippen LogP contribution in [0, 0.1) is 0 Å². The van der Waals surface area contributed by atoms with Crippen molar-refractivity contribution in [1.82, 2.24) is 10.2 Å². The van der Waals surface area contributed by atoms with Crippen LogP contribution in [0.4, 0.5) is 0 Å². The molecule has 1 aliphatic heterocycles. The maximum Gasteiger partial charge on any atom is 0.257 e. The smallest absolute Gasteiger partial charge is 0.257 e. The van der Waals surface area contributed by atoms with Crippen molar-refractivity contribution in [3.63, 3.8) is 0 Å². The second-order valence-electron chi connectivity index (χ2n) is 6.06. The predicted octanol–water partition coefficient (Wildman–Crippen LogP) is 5.03. The van der Waals surface area contributed by atoms with E-state index in [-0.39, 0.29) is 18.3 Å². The minimum atomic E-state index is -0.0610. The number of halogens is 3. The Morgan fingerprint density at radius 3 is 2.46 bits per heavy atom.